The van der Waals surface area contributed by atoms with Crippen LogP contribution in [0, 0.1) is 11.8 Å². The highest BCUT2D eigenvalue weighted by atomic mass is 16.5. The van der Waals surface area contributed by atoms with Crippen LogP contribution in [-0.2, 0) is 17.8 Å². The smallest absolute Gasteiger partial charge is 0.273 e. The summed E-state index contributed by atoms with van der Waals surface area (Å²) in [5.74, 6) is 1.31. The Morgan fingerprint density at radius 2 is 1.92 bits per heavy atom. The zero-order valence-corrected chi connectivity index (χ0v) is 21.5. The van der Waals surface area contributed by atoms with Crippen LogP contribution in [0.4, 0.5) is 0 Å². The van der Waals surface area contributed by atoms with Crippen LogP contribution in [0.15, 0.2) is 59.2 Å². The van der Waals surface area contributed by atoms with E-state index in [4.69, 9.17) is 9.15 Å². The van der Waals surface area contributed by atoms with Gasteiger partial charge in [-0.1, -0.05) is 64.1 Å². The largest absolute Gasteiger partial charge is 0.484 e. The van der Waals surface area contributed by atoms with E-state index in [0.29, 0.717) is 30.6 Å². The molecule has 1 unspecified atom stereocenters. The van der Waals surface area contributed by atoms with Crippen LogP contribution in [-0.4, -0.2) is 34.8 Å². The minimum absolute atomic E-state index is 0.0843. The summed E-state index contributed by atoms with van der Waals surface area (Å²) in [4.78, 5) is 31.6. The number of ether oxygens (including phenoxy) is 1. The lowest BCUT2D eigenvalue weighted by atomic mass is 9.87. The van der Waals surface area contributed by atoms with Crippen molar-refractivity contribution >= 4 is 11.8 Å². The first-order valence-corrected chi connectivity index (χ1v) is 12.7. The lowest BCUT2D eigenvalue weighted by molar-refractivity contribution is -0.136. The second kappa shape index (κ2) is 11.4. The summed E-state index contributed by atoms with van der Waals surface area (Å²) in [6, 6.07) is 16.0. The summed E-state index contributed by atoms with van der Waals surface area (Å²) >= 11 is 0. The maximum Gasteiger partial charge on any atom is 0.273 e. The molecule has 1 atom stereocenters. The molecular formula is C29H35N3O4. The third-order valence-corrected chi connectivity index (χ3v) is 6.39. The molecule has 7 nitrogen and oxygen atoms in total. The Morgan fingerprint density at radius 3 is 2.64 bits per heavy atom. The molecule has 36 heavy (non-hydrogen) atoms. The normalized spacial score (nSPS) is 15.2. The molecule has 2 heterocycles. The summed E-state index contributed by atoms with van der Waals surface area (Å²) in [5.41, 5.74) is 3.59. The van der Waals surface area contributed by atoms with Crippen LogP contribution < -0.4 is 10.1 Å². The Bertz CT molecular complexity index is 1190. The Labute approximate surface area is 212 Å². The summed E-state index contributed by atoms with van der Waals surface area (Å²) in [5, 5.41) is 2.86. The predicted molar refractivity (Wildman–Crippen MR) is 138 cm³/mol. The first-order chi connectivity index (χ1) is 17.3. The topological polar surface area (TPSA) is 84.7 Å². The van der Waals surface area contributed by atoms with Crippen molar-refractivity contribution in [3.05, 3.63) is 83.1 Å². The van der Waals surface area contributed by atoms with Crippen LogP contribution in [0.3, 0.4) is 0 Å². The molecule has 0 radical (unpaired) electrons. The number of oxazole rings is 1. The van der Waals surface area contributed by atoms with Gasteiger partial charge in [0.2, 0.25) is 11.8 Å². The van der Waals surface area contributed by atoms with E-state index in [-0.39, 0.29) is 36.1 Å². The highest BCUT2D eigenvalue weighted by molar-refractivity contribution is 5.91. The number of fused-ring (bicyclic) bond motifs is 1. The Morgan fingerprint density at radius 1 is 1.14 bits per heavy atom. The fraction of sp³-hybridized carbons (Fsp3) is 0.414. The number of hydrogen-bond donors (Lipinski definition) is 1. The first-order valence-electron chi connectivity index (χ1n) is 12.7. The predicted octanol–water partition coefficient (Wildman–Crippen LogP) is 5.16. The van der Waals surface area contributed by atoms with E-state index < -0.39 is 0 Å². The van der Waals surface area contributed by atoms with Crippen LogP contribution in [0.25, 0.3) is 0 Å². The van der Waals surface area contributed by atoms with Gasteiger partial charge in [0.05, 0.1) is 6.04 Å². The molecule has 1 aromatic heterocycles. The maximum atomic E-state index is 13.1. The number of amides is 2. The van der Waals surface area contributed by atoms with Gasteiger partial charge in [-0.2, -0.15) is 0 Å². The molecule has 0 bridgehead atoms. The molecule has 0 saturated carbocycles. The standard InChI is InChI=1S/C29H35N3O4/c1-19(2)12-14-30-28(33)25-17-36-26(31-25)18-35-23-11-10-21-13-15-32(29(34)20(3)4)27(24(21)16-23)22-8-6-5-7-9-22/h5-11,16-17,19-20,27H,12-15,18H2,1-4H3,(H,30,33). The van der Waals surface area contributed by atoms with Crippen molar-refractivity contribution in [2.45, 2.75) is 53.2 Å². The quantitative estimate of drug-likeness (QED) is 0.449. The van der Waals surface area contributed by atoms with Gasteiger partial charge in [-0.3, -0.25) is 9.59 Å². The minimum Gasteiger partial charge on any atom is -0.484 e. The molecule has 190 valence electrons. The molecule has 2 amide bonds. The van der Waals surface area contributed by atoms with Crippen LogP contribution >= 0.6 is 0 Å². The van der Waals surface area contributed by atoms with Gasteiger partial charge < -0.3 is 19.4 Å². The van der Waals surface area contributed by atoms with Gasteiger partial charge in [0.15, 0.2) is 12.3 Å². The van der Waals surface area contributed by atoms with Crippen molar-refractivity contribution in [3.63, 3.8) is 0 Å². The Hall–Kier alpha value is -3.61. The third-order valence-electron chi connectivity index (χ3n) is 6.39. The molecule has 4 rings (SSSR count). The van der Waals surface area contributed by atoms with Crippen molar-refractivity contribution in [2.24, 2.45) is 11.8 Å². The lowest BCUT2D eigenvalue weighted by Gasteiger charge is -2.39. The van der Waals surface area contributed by atoms with Crippen LogP contribution in [0.2, 0.25) is 0 Å². The van der Waals surface area contributed by atoms with E-state index in [2.05, 4.69) is 42.3 Å². The number of carbonyl (C=O) groups is 2. The second-order valence-electron chi connectivity index (χ2n) is 9.96. The van der Waals surface area contributed by atoms with E-state index in [0.717, 1.165) is 24.0 Å². The van der Waals surface area contributed by atoms with Crippen LogP contribution in [0.1, 0.15) is 73.2 Å². The van der Waals surface area contributed by atoms with Gasteiger partial charge in [-0.15, -0.1) is 0 Å². The zero-order chi connectivity index (χ0) is 25.7. The van der Waals surface area contributed by atoms with Crippen molar-refractivity contribution in [1.29, 1.82) is 0 Å². The molecule has 0 aliphatic carbocycles. The van der Waals surface area contributed by atoms with Crippen molar-refractivity contribution in [1.82, 2.24) is 15.2 Å². The Kier molecular flexibility index (Phi) is 8.08. The monoisotopic (exact) mass is 489 g/mol. The summed E-state index contributed by atoms with van der Waals surface area (Å²) in [6.45, 7) is 9.48. The van der Waals surface area contributed by atoms with Gasteiger partial charge in [0, 0.05) is 19.0 Å². The van der Waals surface area contributed by atoms with E-state index in [1.54, 1.807) is 0 Å². The van der Waals surface area contributed by atoms with Gasteiger partial charge in [0.1, 0.15) is 12.0 Å². The second-order valence-corrected chi connectivity index (χ2v) is 9.96. The molecule has 3 aromatic rings. The summed E-state index contributed by atoms with van der Waals surface area (Å²) in [6.07, 6.45) is 3.06. The number of nitrogens with zero attached hydrogens (tertiary/aromatic N) is 2. The first kappa shape index (κ1) is 25.5. The zero-order valence-electron chi connectivity index (χ0n) is 21.5. The highest BCUT2D eigenvalue weighted by Crippen LogP contribution is 2.38. The number of nitrogens with one attached hydrogen (secondary N) is 1. The third kappa shape index (κ3) is 5.96. The Balaban J connectivity index is 1.50. The number of hydrogen-bond acceptors (Lipinski definition) is 5. The fourth-order valence-electron chi connectivity index (χ4n) is 4.44. The molecule has 0 saturated heterocycles. The number of benzene rings is 2. The number of aromatic nitrogens is 1. The number of carbonyl (C=O) groups excluding carboxylic acids is 2. The van der Waals surface area contributed by atoms with Gasteiger partial charge >= 0.3 is 0 Å². The molecule has 7 heteroatoms. The molecule has 0 spiro atoms. The molecule has 1 N–H and O–H groups in total. The molecule has 2 aromatic carbocycles. The number of rotatable bonds is 9. The van der Waals surface area contributed by atoms with Crippen LogP contribution in [0.5, 0.6) is 5.75 Å². The maximum absolute atomic E-state index is 13.1. The molecular weight excluding hydrogens is 454 g/mol. The molecule has 1 aliphatic rings. The van der Waals surface area contributed by atoms with Gasteiger partial charge in [-0.25, -0.2) is 4.98 Å². The van der Waals surface area contributed by atoms with E-state index >= 15 is 0 Å². The molecule has 1 aliphatic heterocycles. The fourth-order valence-corrected chi connectivity index (χ4v) is 4.44. The summed E-state index contributed by atoms with van der Waals surface area (Å²) in [7, 11) is 0. The SMILES string of the molecule is CC(C)CCNC(=O)c1coc(COc2ccc3c(c2)C(c2ccccc2)N(C(=O)C(C)C)CC3)n1. The van der Waals surface area contributed by atoms with Crippen molar-refractivity contribution in [2.75, 3.05) is 13.1 Å². The van der Waals surface area contributed by atoms with Crippen molar-refractivity contribution in [3.8, 4) is 5.75 Å². The average Bonchev–Trinajstić information content (AvgIpc) is 3.35. The van der Waals surface area contributed by atoms with E-state index in [1.165, 1.54) is 11.8 Å². The van der Waals surface area contributed by atoms with Gasteiger partial charge in [0.25, 0.3) is 5.91 Å². The minimum atomic E-state index is -0.250. The highest BCUT2D eigenvalue weighted by Gasteiger charge is 2.33. The van der Waals surface area contributed by atoms with E-state index in [1.807, 2.05) is 49.1 Å². The van der Waals surface area contributed by atoms with E-state index in [9.17, 15) is 9.59 Å². The average molecular weight is 490 g/mol. The van der Waals surface area contributed by atoms with Crippen molar-refractivity contribution < 1.29 is 18.7 Å². The molecule has 0 fully saturated rings. The lowest BCUT2D eigenvalue weighted by Crippen LogP contribution is -2.42. The summed E-state index contributed by atoms with van der Waals surface area (Å²) < 4.78 is 11.5. The van der Waals surface area contributed by atoms with Gasteiger partial charge in [-0.05, 0) is 47.6 Å².